The van der Waals surface area contributed by atoms with E-state index in [2.05, 4.69) is 10.5 Å². The zero-order valence-corrected chi connectivity index (χ0v) is 14.4. The zero-order chi connectivity index (χ0) is 21.0. The highest BCUT2D eigenvalue weighted by Gasteiger charge is 2.20. The van der Waals surface area contributed by atoms with Gasteiger partial charge in [0.25, 0.3) is 17.3 Å². The van der Waals surface area contributed by atoms with E-state index in [9.17, 15) is 29.4 Å². The molecule has 3 rings (SSSR count). The minimum atomic E-state index is -0.797. The molecule has 0 saturated carbocycles. The predicted octanol–water partition coefficient (Wildman–Crippen LogP) is 3.67. The first-order valence-corrected chi connectivity index (χ1v) is 7.98. The van der Waals surface area contributed by atoms with E-state index in [0.29, 0.717) is 0 Å². The van der Waals surface area contributed by atoms with Gasteiger partial charge in [-0.1, -0.05) is 12.1 Å². The Kier molecular flexibility index (Phi) is 5.39. The van der Waals surface area contributed by atoms with E-state index < -0.39 is 27.3 Å². The molecule has 0 fully saturated rings. The summed E-state index contributed by atoms with van der Waals surface area (Å²) < 4.78 is 18.7. The predicted molar refractivity (Wildman–Crippen MR) is 98.9 cm³/mol. The second kappa shape index (κ2) is 8.08. The normalized spacial score (nSPS) is 10.8. The molecule has 0 atom stereocenters. The molecular weight excluding hydrogens is 387 g/mol. The van der Waals surface area contributed by atoms with Gasteiger partial charge in [-0.3, -0.25) is 25.0 Å². The zero-order valence-electron chi connectivity index (χ0n) is 14.4. The summed E-state index contributed by atoms with van der Waals surface area (Å²) in [5.74, 6) is -1.31. The molecule has 0 aliphatic heterocycles. The Hall–Kier alpha value is -4.41. The van der Waals surface area contributed by atoms with Crippen LogP contribution in [0.25, 0.3) is 11.3 Å². The van der Waals surface area contributed by atoms with Crippen molar-refractivity contribution in [1.29, 1.82) is 0 Å². The number of amides is 1. The molecule has 10 nitrogen and oxygen atoms in total. The van der Waals surface area contributed by atoms with Crippen LogP contribution in [0.2, 0.25) is 0 Å². The Morgan fingerprint density at radius 3 is 2.48 bits per heavy atom. The number of carbonyl (C=O) groups is 1. The molecule has 11 heteroatoms. The van der Waals surface area contributed by atoms with Crippen LogP contribution in [0.3, 0.4) is 0 Å². The first-order valence-electron chi connectivity index (χ1n) is 7.98. The van der Waals surface area contributed by atoms with E-state index in [1.165, 1.54) is 42.5 Å². The third kappa shape index (κ3) is 4.30. The van der Waals surface area contributed by atoms with Crippen molar-refractivity contribution in [3.8, 4) is 11.3 Å². The lowest BCUT2D eigenvalue weighted by Crippen LogP contribution is -2.18. The van der Waals surface area contributed by atoms with Crippen LogP contribution < -0.4 is 5.43 Å². The SMILES string of the molecule is O=C(N/N=C\c1ccc(-c2ccc(F)cc2[N+](=O)[O-])o1)c1ccccc1[N+](=O)[O-]. The molecule has 1 heterocycles. The molecule has 3 aromatic rings. The van der Waals surface area contributed by atoms with E-state index in [-0.39, 0.29) is 28.3 Å². The molecule has 0 aliphatic carbocycles. The van der Waals surface area contributed by atoms with Crippen LogP contribution in [0.5, 0.6) is 0 Å². The number of nitrogens with zero attached hydrogens (tertiary/aromatic N) is 3. The maximum atomic E-state index is 13.3. The van der Waals surface area contributed by atoms with Crippen LogP contribution in [0.15, 0.2) is 64.1 Å². The second-order valence-corrected chi connectivity index (χ2v) is 5.59. The van der Waals surface area contributed by atoms with Gasteiger partial charge in [0.2, 0.25) is 0 Å². The third-order valence-corrected chi connectivity index (χ3v) is 3.75. The summed E-state index contributed by atoms with van der Waals surface area (Å²) in [6, 6.07) is 11.3. The van der Waals surface area contributed by atoms with Crippen molar-refractivity contribution < 1.29 is 23.4 Å². The molecule has 0 radical (unpaired) electrons. The van der Waals surface area contributed by atoms with E-state index >= 15 is 0 Å². The lowest BCUT2D eigenvalue weighted by Gasteiger charge is -2.01. The van der Waals surface area contributed by atoms with Gasteiger partial charge in [-0.2, -0.15) is 5.10 Å². The largest absolute Gasteiger partial charge is 0.455 e. The van der Waals surface area contributed by atoms with Gasteiger partial charge >= 0.3 is 0 Å². The summed E-state index contributed by atoms with van der Waals surface area (Å²) in [4.78, 5) is 32.7. The first kappa shape index (κ1) is 19.4. The summed E-state index contributed by atoms with van der Waals surface area (Å²) in [6.07, 6.45) is 1.12. The van der Waals surface area contributed by atoms with Crippen LogP contribution >= 0.6 is 0 Å². The first-order chi connectivity index (χ1) is 13.9. The molecule has 0 saturated heterocycles. The van der Waals surface area contributed by atoms with Crippen molar-refractivity contribution in [2.24, 2.45) is 5.10 Å². The Morgan fingerprint density at radius 2 is 1.76 bits per heavy atom. The Morgan fingerprint density at radius 1 is 1.03 bits per heavy atom. The Bertz CT molecular complexity index is 1140. The highest BCUT2D eigenvalue weighted by atomic mass is 19.1. The minimum Gasteiger partial charge on any atom is -0.455 e. The van der Waals surface area contributed by atoms with Crippen LogP contribution in [0, 0.1) is 26.0 Å². The summed E-state index contributed by atoms with van der Waals surface area (Å²) in [6.45, 7) is 0. The van der Waals surface area contributed by atoms with Gasteiger partial charge in [-0.15, -0.1) is 0 Å². The number of carbonyl (C=O) groups excluding carboxylic acids is 1. The summed E-state index contributed by atoms with van der Waals surface area (Å²) in [5.41, 5.74) is 1.20. The van der Waals surface area contributed by atoms with Gasteiger partial charge < -0.3 is 4.42 Å². The molecule has 29 heavy (non-hydrogen) atoms. The minimum absolute atomic E-state index is 0.0694. The number of benzene rings is 2. The van der Waals surface area contributed by atoms with Crippen molar-refractivity contribution >= 4 is 23.5 Å². The Balaban J connectivity index is 1.76. The number of hydrazone groups is 1. The highest BCUT2D eigenvalue weighted by Crippen LogP contribution is 2.31. The smallest absolute Gasteiger partial charge is 0.283 e. The maximum absolute atomic E-state index is 13.3. The summed E-state index contributed by atoms with van der Waals surface area (Å²) in [7, 11) is 0. The van der Waals surface area contributed by atoms with Gasteiger partial charge in [0.15, 0.2) is 0 Å². The lowest BCUT2D eigenvalue weighted by molar-refractivity contribution is -0.385. The number of halogens is 1. The van der Waals surface area contributed by atoms with E-state index in [4.69, 9.17) is 4.42 Å². The van der Waals surface area contributed by atoms with Crippen molar-refractivity contribution in [2.45, 2.75) is 0 Å². The summed E-state index contributed by atoms with van der Waals surface area (Å²) in [5, 5.41) is 25.7. The average molecular weight is 398 g/mol. The standard InChI is InChI=1S/C18H11FN4O6/c19-11-5-7-13(16(9-11)23(27)28)17-8-6-12(29-17)10-20-21-18(24)14-3-1-2-4-15(14)22(25)26/h1-10H,(H,21,24)/b20-10-. The molecule has 1 amide bonds. The molecule has 1 N–H and O–H groups in total. The molecule has 0 spiro atoms. The quantitative estimate of drug-likeness (QED) is 0.381. The monoisotopic (exact) mass is 398 g/mol. The topological polar surface area (TPSA) is 141 Å². The van der Waals surface area contributed by atoms with Crippen LogP contribution in [-0.2, 0) is 0 Å². The number of para-hydroxylation sites is 1. The molecule has 0 unspecified atom stereocenters. The number of nitro benzene ring substituents is 2. The number of rotatable bonds is 6. The number of nitro groups is 2. The molecule has 146 valence electrons. The number of furan rings is 1. The number of hydrogen-bond acceptors (Lipinski definition) is 7. The number of nitrogens with one attached hydrogen (secondary N) is 1. The van der Waals surface area contributed by atoms with Gasteiger partial charge in [0.1, 0.15) is 22.9 Å². The van der Waals surface area contributed by atoms with Crippen molar-refractivity contribution in [2.75, 3.05) is 0 Å². The fraction of sp³-hybridized carbons (Fsp3) is 0. The molecule has 0 bridgehead atoms. The van der Waals surface area contributed by atoms with Crippen LogP contribution in [0.4, 0.5) is 15.8 Å². The molecule has 0 aliphatic rings. The highest BCUT2D eigenvalue weighted by molar-refractivity contribution is 5.98. The maximum Gasteiger partial charge on any atom is 0.283 e. The molecule has 1 aromatic heterocycles. The van der Waals surface area contributed by atoms with Crippen molar-refractivity contribution in [3.63, 3.8) is 0 Å². The fourth-order valence-electron chi connectivity index (χ4n) is 2.47. The Labute approximate surface area is 161 Å². The van der Waals surface area contributed by atoms with Crippen molar-refractivity contribution in [1.82, 2.24) is 5.43 Å². The van der Waals surface area contributed by atoms with Crippen LogP contribution in [0.1, 0.15) is 16.1 Å². The van der Waals surface area contributed by atoms with E-state index in [1.54, 1.807) is 0 Å². The fourth-order valence-corrected chi connectivity index (χ4v) is 2.47. The van der Waals surface area contributed by atoms with E-state index in [1.807, 2.05) is 0 Å². The van der Waals surface area contributed by atoms with Gasteiger partial charge in [0.05, 0.1) is 27.7 Å². The third-order valence-electron chi connectivity index (χ3n) is 3.75. The van der Waals surface area contributed by atoms with Crippen molar-refractivity contribution in [3.05, 3.63) is 92.0 Å². The van der Waals surface area contributed by atoms with Gasteiger partial charge in [-0.25, -0.2) is 9.82 Å². The average Bonchev–Trinajstić information content (AvgIpc) is 3.16. The summed E-state index contributed by atoms with van der Waals surface area (Å²) >= 11 is 0. The number of hydrogen-bond donors (Lipinski definition) is 1. The van der Waals surface area contributed by atoms with Gasteiger partial charge in [0, 0.05) is 6.07 Å². The molecular formula is C18H11FN4O6. The lowest BCUT2D eigenvalue weighted by atomic mass is 10.1. The molecule has 2 aromatic carbocycles. The van der Waals surface area contributed by atoms with E-state index in [0.717, 1.165) is 18.3 Å². The van der Waals surface area contributed by atoms with Crippen LogP contribution in [-0.4, -0.2) is 22.0 Å². The van der Waals surface area contributed by atoms with Gasteiger partial charge in [-0.05, 0) is 30.3 Å². The second-order valence-electron chi connectivity index (χ2n) is 5.59.